The predicted molar refractivity (Wildman–Crippen MR) is 41.7 cm³/mol. The van der Waals surface area contributed by atoms with Crippen LogP contribution in [0.25, 0.3) is 0 Å². The van der Waals surface area contributed by atoms with Crippen molar-refractivity contribution < 1.29 is 19.4 Å². The average molecular weight is 175 g/mol. The van der Waals surface area contributed by atoms with Gasteiger partial charge in [0.1, 0.15) is 6.42 Å². The molecule has 0 rings (SSSR count). The van der Waals surface area contributed by atoms with E-state index in [0.717, 1.165) is 0 Å². The molecule has 1 unspecified atom stereocenters. The van der Waals surface area contributed by atoms with Crippen LogP contribution in [0.5, 0.6) is 0 Å². The zero-order valence-electron chi connectivity index (χ0n) is 7.16. The number of hydrogen-bond donors (Lipinski definition) is 2. The first-order chi connectivity index (χ1) is 5.56. The van der Waals surface area contributed by atoms with Crippen LogP contribution in [0, 0.1) is 0 Å². The molecule has 0 aliphatic carbocycles. The second-order valence-corrected chi connectivity index (χ2v) is 2.49. The molecule has 0 heterocycles. The largest absolute Gasteiger partial charge is 0.481 e. The second-order valence-electron chi connectivity index (χ2n) is 2.49. The van der Waals surface area contributed by atoms with E-state index in [0.29, 0.717) is 6.61 Å². The van der Waals surface area contributed by atoms with Crippen LogP contribution >= 0.6 is 0 Å². The van der Waals surface area contributed by atoms with Crippen LogP contribution in [0.4, 0.5) is 0 Å². The first-order valence-electron chi connectivity index (χ1n) is 3.56. The van der Waals surface area contributed by atoms with Crippen molar-refractivity contribution >= 4 is 11.9 Å². The first-order valence-corrected chi connectivity index (χ1v) is 3.56. The lowest BCUT2D eigenvalue weighted by atomic mass is 10.3. The van der Waals surface area contributed by atoms with Crippen LogP contribution in [0.1, 0.15) is 13.3 Å². The van der Waals surface area contributed by atoms with Gasteiger partial charge in [0.2, 0.25) is 5.91 Å². The molecule has 0 saturated carbocycles. The number of carboxylic acids is 1. The maximum atomic E-state index is 10.8. The molecule has 70 valence electrons. The zero-order chi connectivity index (χ0) is 9.56. The second kappa shape index (κ2) is 5.54. The van der Waals surface area contributed by atoms with Gasteiger partial charge in [-0.15, -0.1) is 0 Å². The normalized spacial score (nSPS) is 12.2. The highest BCUT2D eigenvalue weighted by Crippen LogP contribution is 1.85. The van der Waals surface area contributed by atoms with E-state index in [9.17, 15) is 9.59 Å². The lowest BCUT2D eigenvalue weighted by Crippen LogP contribution is -2.36. The van der Waals surface area contributed by atoms with E-state index in [4.69, 9.17) is 9.84 Å². The summed E-state index contributed by atoms with van der Waals surface area (Å²) < 4.78 is 4.75. The van der Waals surface area contributed by atoms with Gasteiger partial charge in [0.25, 0.3) is 0 Å². The summed E-state index contributed by atoms with van der Waals surface area (Å²) in [5, 5.41) is 10.7. The lowest BCUT2D eigenvalue weighted by molar-refractivity contribution is -0.140. The van der Waals surface area contributed by atoms with Crippen molar-refractivity contribution in [3.05, 3.63) is 0 Å². The maximum Gasteiger partial charge on any atom is 0.312 e. The summed E-state index contributed by atoms with van der Waals surface area (Å²) in [7, 11) is 1.51. The van der Waals surface area contributed by atoms with Crippen molar-refractivity contribution in [3.63, 3.8) is 0 Å². The number of carbonyl (C=O) groups is 2. The van der Waals surface area contributed by atoms with Gasteiger partial charge in [0.15, 0.2) is 0 Å². The number of ether oxygens (including phenoxy) is 1. The SMILES string of the molecule is COCC(C)NC(=O)CC(=O)O. The quantitative estimate of drug-likeness (QED) is 0.558. The smallest absolute Gasteiger partial charge is 0.312 e. The minimum Gasteiger partial charge on any atom is -0.481 e. The Hall–Kier alpha value is -1.10. The van der Waals surface area contributed by atoms with Gasteiger partial charge in [-0.05, 0) is 6.92 Å². The van der Waals surface area contributed by atoms with Gasteiger partial charge in [-0.3, -0.25) is 9.59 Å². The van der Waals surface area contributed by atoms with Crippen LogP contribution in [-0.2, 0) is 14.3 Å². The molecule has 0 radical (unpaired) electrons. The third-order valence-corrected chi connectivity index (χ3v) is 1.14. The van der Waals surface area contributed by atoms with Gasteiger partial charge in [-0.25, -0.2) is 0 Å². The summed E-state index contributed by atoms with van der Waals surface area (Å²) in [5.74, 6) is -1.62. The Morgan fingerprint density at radius 1 is 1.58 bits per heavy atom. The van der Waals surface area contributed by atoms with Crippen LogP contribution in [0.2, 0.25) is 0 Å². The van der Waals surface area contributed by atoms with Crippen LogP contribution in [0.15, 0.2) is 0 Å². The third kappa shape index (κ3) is 5.67. The number of rotatable bonds is 5. The fraction of sp³-hybridized carbons (Fsp3) is 0.714. The van der Waals surface area contributed by atoms with Gasteiger partial charge in [0, 0.05) is 13.2 Å². The molecule has 0 aliphatic heterocycles. The van der Waals surface area contributed by atoms with Gasteiger partial charge in [0.05, 0.1) is 6.61 Å². The molecule has 2 N–H and O–H groups in total. The Labute approximate surface area is 70.7 Å². The first kappa shape index (κ1) is 10.9. The molecule has 0 bridgehead atoms. The average Bonchev–Trinajstić information content (AvgIpc) is 1.84. The number of hydrogen-bond acceptors (Lipinski definition) is 3. The number of aliphatic carboxylic acids is 1. The molecular formula is C7H13NO4. The van der Waals surface area contributed by atoms with Crippen molar-refractivity contribution in [2.45, 2.75) is 19.4 Å². The summed E-state index contributed by atoms with van der Waals surface area (Å²) in [6.45, 7) is 2.12. The molecule has 1 atom stereocenters. The van der Waals surface area contributed by atoms with E-state index in [1.54, 1.807) is 6.92 Å². The minimum absolute atomic E-state index is 0.151. The Bertz CT molecular complexity index is 169. The molecule has 0 aromatic rings. The Kier molecular flexibility index (Phi) is 5.03. The fourth-order valence-corrected chi connectivity index (χ4v) is 0.755. The number of methoxy groups -OCH3 is 1. The van der Waals surface area contributed by atoms with Gasteiger partial charge in [-0.1, -0.05) is 0 Å². The van der Waals surface area contributed by atoms with Crippen molar-refractivity contribution in [2.24, 2.45) is 0 Å². The summed E-state index contributed by atoms with van der Waals surface area (Å²) in [4.78, 5) is 20.8. The summed E-state index contributed by atoms with van der Waals surface area (Å²) in [6.07, 6.45) is -0.492. The standard InChI is InChI=1S/C7H13NO4/c1-5(4-12-2)8-6(9)3-7(10)11/h5H,3-4H2,1-2H3,(H,8,9)(H,10,11). The van der Waals surface area contributed by atoms with E-state index in [-0.39, 0.29) is 6.04 Å². The molecule has 0 aliphatic rings. The van der Waals surface area contributed by atoms with Crippen molar-refractivity contribution in [1.82, 2.24) is 5.32 Å². The minimum atomic E-state index is -1.13. The number of nitrogens with one attached hydrogen (secondary N) is 1. The van der Waals surface area contributed by atoms with Crippen molar-refractivity contribution in [3.8, 4) is 0 Å². The van der Waals surface area contributed by atoms with Crippen LogP contribution in [-0.4, -0.2) is 36.7 Å². The molecule has 5 nitrogen and oxygen atoms in total. The lowest BCUT2D eigenvalue weighted by Gasteiger charge is -2.11. The Balaban J connectivity index is 3.61. The molecule has 0 spiro atoms. The van der Waals surface area contributed by atoms with Gasteiger partial charge in [-0.2, -0.15) is 0 Å². The molecule has 0 fully saturated rings. The molecule has 1 amide bonds. The highest BCUT2D eigenvalue weighted by atomic mass is 16.5. The number of carbonyl (C=O) groups excluding carboxylic acids is 1. The number of amides is 1. The zero-order valence-corrected chi connectivity index (χ0v) is 7.16. The number of carboxylic acid groups (broad SMARTS) is 1. The Morgan fingerprint density at radius 2 is 2.17 bits per heavy atom. The van der Waals surface area contributed by atoms with E-state index in [1.807, 2.05) is 0 Å². The topological polar surface area (TPSA) is 75.6 Å². The fourth-order valence-electron chi connectivity index (χ4n) is 0.755. The molecular weight excluding hydrogens is 162 g/mol. The molecule has 5 heteroatoms. The monoisotopic (exact) mass is 175 g/mol. The van der Waals surface area contributed by atoms with E-state index < -0.39 is 18.3 Å². The summed E-state index contributed by atoms with van der Waals surface area (Å²) >= 11 is 0. The highest BCUT2D eigenvalue weighted by Gasteiger charge is 2.09. The molecule has 12 heavy (non-hydrogen) atoms. The predicted octanol–water partition coefficient (Wildman–Crippen LogP) is -0.388. The molecule has 0 aromatic heterocycles. The van der Waals surface area contributed by atoms with E-state index in [2.05, 4.69) is 5.32 Å². The van der Waals surface area contributed by atoms with Crippen molar-refractivity contribution in [1.29, 1.82) is 0 Å². The van der Waals surface area contributed by atoms with E-state index in [1.165, 1.54) is 7.11 Å². The molecule has 0 aromatic carbocycles. The summed E-state index contributed by atoms with van der Waals surface area (Å²) in [5.41, 5.74) is 0. The summed E-state index contributed by atoms with van der Waals surface area (Å²) in [6, 6.07) is -0.151. The highest BCUT2D eigenvalue weighted by molar-refractivity contribution is 5.93. The van der Waals surface area contributed by atoms with Crippen molar-refractivity contribution in [2.75, 3.05) is 13.7 Å². The van der Waals surface area contributed by atoms with E-state index >= 15 is 0 Å². The molecule has 0 saturated heterocycles. The van der Waals surface area contributed by atoms with Crippen LogP contribution in [0.3, 0.4) is 0 Å². The Morgan fingerprint density at radius 3 is 2.58 bits per heavy atom. The van der Waals surface area contributed by atoms with Gasteiger partial charge < -0.3 is 15.2 Å². The third-order valence-electron chi connectivity index (χ3n) is 1.14. The van der Waals surface area contributed by atoms with Gasteiger partial charge >= 0.3 is 5.97 Å². The van der Waals surface area contributed by atoms with Crippen LogP contribution < -0.4 is 5.32 Å². The maximum absolute atomic E-state index is 10.8.